The van der Waals surface area contributed by atoms with E-state index in [4.69, 9.17) is 5.73 Å². The first-order chi connectivity index (χ1) is 7.75. The molecule has 0 aliphatic rings. The molecule has 6 heteroatoms. The Morgan fingerprint density at radius 1 is 1.44 bits per heavy atom. The summed E-state index contributed by atoms with van der Waals surface area (Å²) in [6.45, 7) is 1.54. The molecule has 16 heavy (non-hydrogen) atoms. The molecule has 1 heterocycles. The SMILES string of the molecule is Nc1cc(I)ccc1NCCn1ccnn1. The summed E-state index contributed by atoms with van der Waals surface area (Å²) in [6, 6.07) is 5.95. The van der Waals surface area contributed by atoms with Gasteiger partial charge in [-0.15, -0.1) is 5.10 Å². The molecule has 0 unspecified atom stereocenters. The first-order valence-corrected chi connectivity index (χ1v) is 5.96. The molecule has 0 bridgehead atoms. The average molecular weight is 329 g/mol. The summed E-state index contributed by atoms with van der Waals surface area (Å²) < 4.78 is 2.91. The van der Waals surface area contributed by atoms with Crippen molar-refractivity contribution in [2.45, 2.75) is 6.54 Å². The Bertz CT molecular complexity index is 454. The van der Waals surface area contributed by atoms with E-state index >= 15 is 0 Å². The molecule has 0 saturated heterocycles. The lowest BCUT2D eigenvalue weighted by Crippen LogP contribution is -2.12. The van der Waals surface area contributed by atoms with Crippen molar-refractivity contribution in [3.63, 3.8) is 0 Å². The Kier molecular flexibility index (Phi) is 3.60. The fourth-order valence-electron chi connectivity index (χ4n) is 1.35. The second kappa shape index (κ2) is 5.15. The maximum absolute atomic E-state index is 5.88. The molecule has 1 aromatic carbocycles. The van der Waals surface area contributed by atoms with E-state index in [2.05, 4.69) is 38.2 Å². The minimum absolute atomic E-state index is 0.769. The van der Waals surface area contributed by atoms with Crippen LogP contribution in [0, 0.1) is 3.57 Å². The predicted molar refractivity (Wildman–Crippen MR) is 72.1 cm³/mol. The molecular formula is C10H12IN5. The average Bonchev–Trinajstić information content (AvgIpc) is 2.74. The lowest BCUT2D eigenvalue weighted by molar-refractivity contribution is 0.609. The highest BCUT2D eigenvalue weighted by atomic mass is 127. The lowest BCUT2D eigenvalue weighted by Gasteiger charge is -2.09. The number of hydrogen-bond donors (Lipinski definition) is 2. The number of nitrogens with zero attached hydrogens (tertiary/aromatic N) is 3. The number of nitrogens with two attached hydrogens (primary N) is 1. The second-order valence-electron chi connectivity index (χ2n) is 3.32. The van der Waals surface area contributed by atoms with Gasteiger partial charge in [-0.25, -0.2) is 0 Å². The third-order valence-electron chi connectivity index (χ3n) is 2.14. The molecule has 1 aromatic heterocycles. The largest absolute Gasteiger partial charge is 0.397 e. The fourth-order valence-corrected chi connectivity index (χ4v) is 1.87. The van der Waals surface area contributed by atoms with Crippen LogP contribution in [0.1, 0.15) is 0 Å². The van der Waals surface area contributed by atoms with E-state index in [0.717, 1.165) is 28.0 Å². The van der Waals surface area contributed by atoms with Crippen molar-refractivity contribution in [2.24, 2.45) is 0 Å². The smallest absolute Gasteiger partial charge is 0.0692 e. The minimum atomic E-state index is 0.769. The standard InChI is InChI=1S/C10H12IN5/c11-8-1-2-10(9(12)7-8)13-3-5-16-6-4-14-15-16/h1-2,4,6-7,13H,3,5,12H2. The van der Waals surface area contributed by atoms with Crippen molar-refractivity contribution in [3.05, 3.63) is 34.2 Å². The van der Waals surface area contributed by atoms with Crippen LogP contribution in [0.25, 0.3) is 0 Å². The van der Waals surface area contributed by atoms with Crippen LogP contribution in [0.2, 0.25) is 0 Å². The predicted octanol–water partition coefficient (Wildman–Crippen LogP) is 1.58. The number of benzene rings is 1. The van der Waals surface area contributed by atoms with Gasteiger partial charge in [0.2, 0.25) is 0 Å². The van der Waals surface area contributed by atoms with Crippen molar-refractivity contribution in [3.8, 4) is 0 Å². The molecule has 0 aliphatic carbocycles. The number of aromatic nitrogens is 3. The molecule has 84 valence electrons. The van der Waals surface area contributed by atoms with Crippen LogP contribution in [0.5, 0.6) is 0 Å². The van der Waals surface area contributed by atoms with E-state index in [0.29, 0.717) is 0 Å². The number of rotatable bonds is 4. The molecule has 3 N–H and O–H groups in total. The van der Waals surface area contributed by atoms with Gasteiger partial charge in [-0.2, -0.15) is 0 Å². The van der Waals surface area contributed by atoms with Crippen LogP contribution in [-0.4, -0.2) is 21.5 Å². The summed E-state index contributed by atoms with van der Waals surface area (Å²) >= 11 is 2.24. The van der Waals surface area contributed by atoms with Crippen LogP contribution in [0.15, 0.2) is 30.6 Å². The summed E-state index contributed by atoms with van der Waals surface area (Å²) in [7, 11) is 0. The number of nitrogens with one attached hydrogen (secondary N) is 1. The Morgan fingerprint density at radius 2 is 2.31 bits per heavy atom. The maximum Gasteiger partial charge on any atom is 0.0692 e. The van der Waals surface area contributed by atoms with Gasteiger partial charge in [0, 0.05) is 16.3 Å². The minimum Gasteiger partial charge on any atom is -0.397 e. The zero-order valence-corrected chi connectivity index (χ0v) is 10.8. The number of hydrogen-bond acceptors (Lipinski definition) is 4. The van der Waals surface area contributed by atoms with Gasteiger partial charge >= 0.3 is 0 Å². The van der Waals surface area contributed by atoms with Gasteiger partial charge in [-0.05, 0) is 40.8 Å². The van der Waals surface area contributed by atoms with Crippen molar-refractivity contribution >= 4 is 34.0 Å². The Labute approximate surface area is 107 Å². The number of anilines is 2. The number of halogens is 1. The first kappa shape index (κ1) is 11.2. The molecule has 0 fully saturated rings. The van der Waals surface area contributed by atoms with Gasteiger partial charge in [0.1, 0.15) is 0 Å². The van der Waals surface area contributed by atoms with Gasteiger partial charge in [-0.1, -0.05) is 5.21 Å². The van der Waals surface area contributed by atoms with E-state index < -0.39 is 0 Å². The van der Waals surface area contributed by atoms with Crippen molar-refractivity contribution in [1.82, 2.24) is 15.0 Å². The van der Waals surface area contributed by atoms with Crippen LogP contribution >= 0.6 is 22.6 Å². The molecule has 0 radical (unpaired) electrons. The first-order valence-electron chi connectivity index (χ1n) is 4.89. The van der Waals surface area contributed by atoms with Gasteiger partial charge < -0.3 is 11.1 Å². The van der Waals surface area contributed by atoms with Gasteiger partial charge in [0.25, 0.3) is 0 Å². The fraction of sp³-hybridized carbons (Fsp3) is 0.200. The van der Waals surface area contributed by atoms with Crippen molar-refractivity contribution in [1.29, 1.82) is 0 Å². The Hall–Kier alpha value is -1.31. The van der Waals surface area contributed by atoms with Crippen molar-refractivity contribution in [2.75, 3.05) is 17.6 Å². The Balaban J connectivity index is 1.90. The van der Waals surface area contributed by atoms with Gasteiger partial charge in [0.15, 0.2) is 0 Å². The summed E-state index contributed by atoms with van der Waals surface area (Å²) in [4.78, 5) is 0. The highest BCUT2D eigenvalue weighted by Crippen LogP contribution is 2.20. The second-order valence-corrected chi connectivity index (χ2v) is 4.57. The highest BCUT2D eigenvalue weighted by Gasteiger charge is 1.99. The molecule has 2 rings (SSSR count). The molecule has 0 amide bonds. The third-order valence-corrected chi connectivity index (χ3v) is 2.81. The maximum atomic E-state index is 5.88. The normalized spacial score (nSPS) is 10.3. The molecular weight excluding hydrogens is 317 g/mol. The molecule has 0 atom stereocenters. The summed E-state index contributed by atoms with van der Waals surface area (Å²) in [5, 5.41) is 10.9. The molecule has 0 spiro atoms. The van der Waals surface area contributed by atoms with E-state index in [9.17, 15) is 0 Å². The van der Waals surface area contributed by atoms with E-state index in [1.165, 1.54) is 0 Å². The zero-order valence-electron chi connectivity index (χ0n) is 8.60. The van der Waals surface area contributed by atoms with Crippen LogP contribution < -0.4 is 11.1 Å². The van der Waals surface area contributed by atoms with E-state index in [1.807, 2.05) is 24.4 Å². The number of nitrogen functional groups attached to an aromatic ring is 1. The zero-order chi connectivity index (χ0) is 11.4. The topological polar surface area (TPSA) is 68.8 Å². The van der Waals surface area contributed by atoms with Crippen LogP contribution in [-0.2, 0) is 6.54 Å². The summed E-state index contributed by atoms with van der Waals surface area (Å²) in [5.74, 6) is 0. The summed E-state index contributed by atoms with van der Waals surface area (Å²) in [6.07, 6.45) is 3.50. The summed E-state index contributed by atoms with van der Waals surface area (Å²) in [5.41, 5.74) is 7.61. The molecule has 5 nitrogen and oxygen atoms in total. The van der Waals surface area contributed by atoms with Gasteiger partial charge in [0.05, 0.1) is 24.1 Å². The molecule has 0 saturated carbocycles. The van der Waals surface area contributed by atoms with Gasteiger partial charge in [-0.3, -0.25) is 4.68 Å². The molecule has 0 aliphatic heterocycles. The van der Waals surface area contributed by atoms with Crippen LogP contribution in [0.3, 0.4) is 0 Å². The highest BCUT2D eigenvalue weighted by molar-refractivity contribution is 14.1. The van der Waals surface area contributed by atoms with E-state index in [-0.39, 0.29) is 0 Å². The molecule has 2 aromatic rings. The Morgan fingerprint density at radius 3 is 3.00 bits per heavy atom. The monoisotopic (exact) mass is 329 g/mol. The lowest BCUT2D eigenvalue weighted by atomic mass is 10.3. The van der Waals surface area contributed by atoms with E-state index in [1.54, 1.807) is 10.9 Å². The van der Waals surface area contributed by atoms with Crippen LogP contribution in [0.4, 0.5) is 11.4 Å². The quantitative estimate of drug-likeness (QED) is 0.660. The van der Waals surface area contributed by atoms with Crippen molar-refractivity contribution < 1.29 is 0 Å². The third kappa shape index (κ3) is 2.84.